The molecule has 0 saturated carbocycles. The monoisotopic (exact) mass is 444 g/mol. The van der Waals surface area contributed by atoms with Crippen LogP contribution in [0.4, 0.5) is 17.6 Å². The van der Waals surface area contributed by atoms with E-state index in [0.29, 0.717) is 11.4 Å². The van der Waals surface area contributed by atoms with E-state index in [1.165, 1.54) is 42.6 Å². The molecule has 0 aliphatic heterocycles. The molecule has 1 unspecified atom stereocenters. The van der Waals surface area contributed by atoms with Crippen LogP contribution in [0.3, 0.4) is 0 Å². The molecule has 2 aromatic carbocycles. The van der Waals surface area contributed by atoms with Crippen molar-refractivity contribution in [2.45, 2.75) is 12.2 Å². The molecule has 7 nitrogen and oxygen atoms in total. The normalized spacial score (nSPS) is 12.5. The third kappa shape index (κ3) is 4.22. The van der Waals surface area contributed by atoms with Gasteiger partial charge in [-0.3, -0.25) is 4.79 Å². The van der Waals surface area contributed by atoms with Gasteiger partial charge >= 0.3 is 6.18 Å². The number of halogens is 4. The molecule has 2 heterocycles. The van der Waals surface area contributed by atoms with Gasteiger partial charge in [0.05, 0.1) is 17.4 Å². The van der Waals surface area contributed by atoms with E-state index in [-0.39, 0.29) is 11.4 Å². The summed E-state index contributed by atoms with van der Waals surface area (Å²) in [4.78, 5) is 17.1. The van der Waals surface area contributed by atoms with Crippen molar-refractivity contribution in [1.29, 1.82) is 0 Å². The fourth-order valence-electron chi connectivity index (χ4n) is 3.24. The van der Waals surface area contributed by atoms with Crippen molar-refractivity contribution in [1.82, 2.24) is 29.9 Å². The van der Waals surface area contributed by atoms with Crippen LogP contribution >= 0.6 is 0 Å². The Morgan fingerprint density at radius 1 is 1.12 bits per heavy atom. The zero-order chi connectivity index (χ0) is 22.9. The summed E-state index contributed by atoms with van der Waals surface area (Å²) >= 11 is 0. The Labute approximate surface area is 179 Å². The minimum absolute atomic E-state index is 0.211. The standard InChI is InChI=1S/C21H16F4N6O/c1-30-10-9-26-19(30)18(13-5-4-6-14(22)11-13)27-20(32)16-12-31(29-28-16)17-8-3-2-7-15(17)21(23,24)25/h2-12,18H,1H3,(H,27,32). The van der Waals surface area contributed by atoms with Gasteiger partial charge in [-0.25, -0.2) is 14.1 Å². The van der Waals surface area contributed by atoms with Crippen molar-refractivity contribution in [3.63, 3.8) is 0 Å². The van der Waals surface area contributed by atoms with Crippen molar-refractivity contribution < 1.29 is 22.4 Å². The third-order valence-electron chi connectivity index (χ3n) is 4.76. The third-order valence-corrected chi connectivity index (χ3v) is 4.76. The summed E-state index contributed by atoms with van der Waals surface area (Å²) in [5.41, 5.74) is -0.958. The molecule has 4 rings (SSSR count). The predicted octanol–water partition coefficient (Wildman–Crippen LogP) is 3.68. The van der Waals surface area contributed by atoms with E-state index in [1.54, 1.807) is 23.9 Å². The molecule has 0 radical (unpaired) electrons. The highest BCUT2D eigenvalue weighted by Gasteiger charge is 2.34. The molecule has 2 aromatic heterocycles. The first-order valence-electron chi connectivity index (χ1n) is 9.36. The SMILES string of the molecule is Cn1ccnc1C(NC(=O)c1cn(-c2ccccc2C(F)(F)F)nn1)c1cccc(F)c1. The maximum absolute atomic E-state index is 13.8. The summed E-state index contributed by atoms with van der Waals surface area (Å²) in [6.45, 7) is 0. The van der Waals surface area contributed by atoms with Crippen molar-refractivity contribution in [3.8, 4) is 5.69 Å². The molecule has 4 aromatic rings. The lowest BCUT2D eigenvalue weighted by atomic mass is 10.1. The number of aromatic nitrogens is 5. The van der Waals surface area contributed by atoms with Gasteiger partial charge in [0.25, 0.3) is 5.91 Å². The van der Waals surface area contributed by atoms with Crippen LogP contribution in [0.2, 0.25) is 0 Å². The molecule has 0 fully saturated rings. The fraction of sp³-hybridized carbons (Fsp3) is 0.143. The van der Waals surface area contributed by atoms with Gasteiger partial charge in [-0.05, 0) is 29.8 Å². The number of hydrogen-bond acceptors (Lipinski definition) is 4. The molecule has 164 valence electrons. The molecule has 0 aliphatic rings. The molecule has 1 amide bonds. The predicted molar refractivity (Wildman–Crippen MR) is 105 cm³/mol. The smallest absolute Gasteiger partial charge is 0.337 e. The second kappa shape index (κ2) is 8.25. The van der Waals surface area contributed by atoms with Crippen LogP contribution < -0.4 is 5.32 Å². The van der Waals surface area contributed by atoms with Crippen LogP contribution in [0.15, 0.2) is 67.1 Å². The number of aryl methyl sites for hydroxylation is 1. The Kier molecular flexibility index (Phi) is 5.47. The number of nitrogens with zero attached hydrogens (tertiary/aromatic N) is 5. The first-order valence-corrected chi connectivity index (χ1v) is 9.36. The van der Waals surface area contributed by atoms with Gasteiger partial charge in [0.2, 0.25) is 0 Å². The first kappa shape index (κ1) is 21.2. The van der Waals surface area contributed by atoms with Crippen LogP contribution in [0.1, 0.15) is 33.5 Å². The topological polar surface area (TPSA) is 77.6 Å². The highest BCUT2D eigenvalue weighted by atomic mass is 19.4. The van der Waals surface area contributed by atoms with E-state index in [9.17, 15) is 22.4 Å². The summed E-state index contributed by atoms with van der Waals surface area (Å²) in [5, 5.41) is 10.1. The van der Waals surface area contributed by atoms with E-state index in [1.807, 2.05) is 0 Å². The number of nitrogens with one attached hydrogen (secondary N) is 1. The Balaban J connectivity index is 1.65. The number of rotatable bonds is 5. The number of para-hydroxylation sites is 1. The largest absolute Gasteiger partial charge is 0.418 e. The highest BCUT2D eigenvalue weighted by Crippen LogP contribution is 2.33. The van der Waals surface area contributed by atoms with E-state index in [4.69, 9.17) is 0 Å². The van der Waals surface area contributed by atoms with Gasteiger partial charge in [-0.15, -0.1) is 5.10 Å². The molecule has 0 bridgehead atoms. The minimum Gasteiger partial charge on any atom is -0.337 e. The van der Waals surface area contributed by atoms with E-state index < -0.39 is 29.5 Å². The van der Waals surface area contributed by atoms with Crippen LogP contribution in [0, 0.1) is 5.82 Å². The number of imidazole rings is 1. The average molecular weight is 444 g/mol. The maximum atomic E-state index is 13.8. The summed E-state index contributed by atoms with van der Waals surface area (Å²) in [6, 6.07) is 9.64. The quantitative estimate of drug-likeness (QED) is 0.477. The van der Waals surface area contributed by atoms with E-state index >= 15 is 0 Å². The number of hydrogen-bond donors (Lipinski definition) is 1. The molecular weight excluding hydrogens is 428 g/mol. The fourth-order valence-corrected chi connectivity index (χ4v) is 3.24. The number of amides is 1. The molecule has 1 atom stereocenters. The Morgan fingerprint density at radius 2 is 1.91 bits per heavy atom. The van der Waals surface area contributed by atoms with Gasteiger partial charge in [0.1, 0.15) is 17.7 Å². The van der Waals surface area contributed by atoms with E-state index in [2.05, 4.69) is 20.6 Å². The molecule has 0 spiro atoms. The number of benzene rings is 2. The minimum atomic E-state index is -4.61. The van der Waals surface area contributed by atoms with Crippen molar-refractivity contribution in [3.05, 3.63) is 95.6 Å². The van der Waals surface area contributed by atoms with Crippen LogP contribution in [-0.4, -0.2) is 30.5 Å². The Hall–Kier alpha value is -4.02. The molecule has 0 aliphatic carbocycles. The van der Waals surface area contributed by atoms with Gasteiger partial charge in [0, 0.05) is 19.4 Å². The summed E-state index contributed by atoms with van der Waals surface area (Å²) in [7, 11) is 1.71. The van der Waals surface area contributed by atoms with Crippen molar-refractivity contribution in [2.24, 2.45) is 7.05 Å². The zero-order valence-corrected chi connectivity index (χ0v) is 16.6. The van der Waals surface area contributed by atoms with Gasteiger partial charge in [0.15, 0.2) is 5.69 Å². The molecular formula is C21H16F4N6O. The number of carbonyl (C=O) groups excluding carboxylic acids is 1. The van der Waals surface area contributed by atoms with Crippen molar-refractivity contribution >= 4 is 5.91 Å². The highest BCUT2D eigenvalue weighted by molar-refractivity contribution is 5.92. The summed E-state index contributed by atoms with van der Waals surface area (Å²) in [5.74, 6) is -0.776. The summed E-state index contributed by atoms with van der Waals surface area (Å²) in [6.07, 6.45) is -0.317. The molecule has 0 saturated heterocycles. The first-order chi connectivity index (χ1) is 15.2. The molecule has 32 heavy (non-hydrogen) atoms. The van der Waals surface area contributed by atoms with Crippen molar-refractivity contribution in [2.75, 3.05) is 0 Å². The lowest BCUT2D eigenvalue weighted by Crippen LogP contribution is -2.31. The zero-order valence-electron chi connectivity index (χ0n) is 16.6. The Morgan fingerprint density at radius 3 is 2.59 bits per heavy atom. The number of carbonyl (C=O) groups is 1. The van der Waals surface area contributed by atoms with Gasteiger partial charge in [-0.1, -0.05) is 29.5 Å². The van der Waals surface area contributed by atoms with Crippen LogP contribution in [0.25, 0.3) is 5.69 Å². The molecule has 11 heteroatoms. The number of alkyl halides is 3. The lowest BCUT2D eigenvalue weighted by Gasteiger charge is -2.18. The van der Waals surface area contributed by atoms with Gasteiger partial charge in [-0.2, -0.15) is 13.2 Å². The second-order valence-electron chi connectivity index (χ2n) is 6.92. The van der Waals surface area contributed by atoms with Crippen LogP contribution in [0.5, 0.6) is 0 Å². The second-order valence-corrected chi connectivity index (χ2v) is 6.92. The summed E-state index contributed by atoms with van der Waals surface area (Å²) < 4.78 is 56.3. The average Bonchev–Trinajstić information content (AvgIpc) is 3.41. The molecule has 1 N–H and O–H groups in total. The maximum Gasteiger partial charge on any atom is 0.418 e. The lowest BCUT2D eigenvalue weighted by molar-refractivity contribution is -0.137. The Bertz CT molecular complexity index is 1260. The van der Waals surface area contributed by atoms with Crippen LogP contribution in [-0.2, 0) is 13.2 Å². The van der Waals surface area contributed by atoms with E-state index in [0.717, 1.165) is 16.9 Å². The van der Waals surface area contributed by atoms with Gasteiger partial charge < -0.3 is 9.88 Å².